The molecule has 0 radical (unpaired) electrons. The predicted octanol–water partition coefficient (Wildman–Crippen LogP) is 1.05. The molecule has 0 spiro atoms. The molecule has 0 aromatic rings. The third-order valence-corrected chi connectivity index (χ3v) is 2.54. The second-order valence-electron chi connectivity index (χ2n) is 4.33. The number of carbonyl (C=O) groups is 2. The van der Waals surface area contributed by atoms with E-state index in [-0.39, 0.29) is 24.3 Å². The quantitative estimate of drug-likeness (QED) is 0.327. The summed E-state index contributed by atoms with van der Waals surface area (Å²) in [5, 5.41) is 2.55. The van der Waals surface area contributed by atoms with Gasteiger partial charge in [-0.15, -0.1) is 6.58 Å². The van der Waals surface area contributed by atoms with Crippen LogP contribution in [0.3, 0.4) is 0 Å². The largest absolute Gasteiger partial charge is 0.426 e. The van der Waals surface area contributed by atoms with Crippen LogP contribution >= 0.6 is 0 Å². The van der Waals surface area contributed by atoms with E-state index >= 15 is 0 Å². The van der Waals surface area contributed by atoms with Crippen molar-refractivity contribution in [2.24, 2.45) is 0 Å². The van der Waals surface area contributed by atoms with Crippen molar-refractivity contribution >= 4 is 11.9 Å². The van der Waals surface area contributed by atoms with Crippen molar-refractivity contribution < 1.29 is 23.8 Å². The Labute approximate surface area is 118 Å². The topological polar surface area (TPSA) is 73.9 Å². The average Bonchev–Trinajstić information content (AvgIpc) is 2.86. The lowest BCUT2D eigenvalue weighted by molar-refractivity contribution is -0.181. The Morgan fingerprint density at radius 2 is 1.95 bits per heavy atom. The summed E-state index contributed by atoms with van der Waals surface area (Å²) in [5.74, 6) is -2.28. The van der Waals surface area contributed by atoms with E-state index in [0.29, 0.717) is 13.2 Å². The standard InChI is InChI=1S/C14H19NO5/c1-5-6-14(18-7-8-19-14)13(17)15-9-11(4)20-12(16)10(2)3/h5H,1-2,4,6-9H2,3H3,(H,15,17). The highest BCUT2D eigenvalue weighted by Gasteiger charge is 2.43. The molecule has 0 aromatic carbocycles. The summed E-state index contributed by atoms with van der Waals surface area (Å²) >= 11 is 0. The molecule has 6 nitrogen and oxygen atoms in total. The smallest absolute Gasteiger partial charge is 0.338 e. The van der Waals surface area contributed by atoms with E-state index in [1.807, 2.05) is 0 Å². The minimum absolute atomic E-state index is 0.0243. The van der Waals surface area contributed by atoms with Crippen LogP contribution in [0.4, 0.5) is 0 Å². The maximum absolute atomic E-state index is 12.1. The molecule has 0 unspecified atom stereocenters. The van der Waals surface area contributed by atoms with Gasteiger partial charge in [-0.3, -0.25) is 4.79 Å². The highest BCUT2D eigenvalue weighted by atomic mass is 16.7. The van der Waals surface area contributed by atoms with E-state index in [4.69, 9.17) is 14.2 Å². The number of ether oxygens (including phenoxy) is 3. The molecule has 6 heteroatoms. The summed E-state index contributed by atoms with van der Waals surface area (Å²) in [7, 11) is 0. The molecule has 0 bridgehead atoms. The molecular formula is C14H19NO5. The Bertz CT molecular complexity index is 435. The van der Waals surface area contributed by atoms with Gasteiger partial charge >= 0.3 is 5.97 Å². The molecular weight excluding hydrogens is 262 g/mol. The lowest BCUT2D eigenvalue weighted by Gasteiger charge is -2.24. The van der Waals surface area contributed by atoms with Crippen LogP contribution in [0.2, 0.25) is 0 Å². The average molecular weight is 281 g/mol. The Morgan fingerprint density at radius 1 is 1.35 bits per heavy atom. The molecule has 0 saturated carbocycles. The molecule has 1 N–H and O–H groups in total. The number of nitrogens with one attached hydrogen (secondary N) is 1. The normalized spacial score (nSPS) is 16.2. The summed E-state index contributed by atoms with van der Waals surface area (Å²) in [6.07, 6.45) is 1.78. The first-order valence-corrected chi connectivity index (χ1v) is 6.14. The maximum Gasteiger partial charge on any atom is 0.338 e. The Kier molecular flexibility index (Phi) is 5.66. The van der Waals surface area contributed by atoms with Gasteiger partial charge in [0.15, 0.2) is 0 Å². The lowest BCUT2D eigenvalue weighted by atomic mass is 10.1. The number of hydrogen-bond donors (Lipinski definition) is 1. The zero-order chi connectivity index (χ0) is 15.2. The van der Waals surface area contributed by atoms with E-state index < -0.39 is 17.7 Å². The van der Waals surface area contributed by atoms with Crippen molar-refractivity contribution in [1.82, 2.24) is 5.32 Å². The van der Waals surface area contributed by atoms with Crippen molar-refractivity contribution in [3.63, 3.8) is 0 Å². The molecule has 0 aromatic heterocycles. The zero-order valence-corrected chi connectivity index (χ0v) is 11.6. The fourth-order valence-corrected chi connectivity index (χ4v) is 1.55. The summed E-state index contributed by atoms with van der Waals surface area (Å²) < 4.78 is 15.5. The third kappa shape index (κ3) is 4.04. The number of rotatable bonds is 7. The number of carbonyl (C=O) groups excluding carboxylic acids is 2. The first kappa shape index (κ1) is 16.1. The van der Waals surface area contributed by atoms with Crippen molar-refractivity contribution in [3.8, 4) is 0 Å². The van der Waals surface area contributed by atoms with E-state index in [2.05, 4.69) is 25.1 Å². The van der Waals surface area contributed by atoms with Gasteiger partial charge in [0.1, 0.15) is 5.76 Å². The van der Waals surface area contributed by atoms with Gasteiger partial charge in [0.2, 0.25) is 0 Å². The van der Waals surface area contributed by atoms with Crippen molar-refractivity contribution in [1.29, 1.82) is 0 Å². The van der Waals surface area contributed by atoms with Crippen LogP contribution in [0.25, 0.3) is 0 Å². The minimum atomic E-state index is -1.35. The van der Waals surface area contributed by atoms with E-state index in [1.165, 1.54) is 6.92 Å². The van der Waals surface area contributed by atoms with Gasteiger partial charge in [0.05, 0.1) is 19.8 Å². The molecule has 1 fully saturated rings. The van der Waals surface area contributed by atoms with Gasteiger partial charge in [-0.1, -0.05) is 19.2 Å². The van der Waals surface area contributed by atoms with Gasteiger partial charge in [-0.25, -0.2) is 4.79 Å². The SMILES string of the molecule is C=CCC1(C(=O)NCC(=C)OC(=O)C(=C)C)OCCO1. The van der Waals surface area contributed by atoms with Crippen LogP contribution in [0, 0.1) is 0 Å². The highest BCUT2D eigenvalue weighted by Crippen LogP contribution is 2.24. The van der Waals surface area contributed by atoms with Gasteiger partial charge in [0, 0.05) is 12.0 Å². The monoisotopic (exact) mass is 281 g/mol. The van der Waals surface area contributed by atoms with Crippen LogP contribution in [0.1, 0.15) is 13.3 Å². The summed E-state index contributed by atoms with van der Waals surface area (Å²) in [6.45, 7) is 12.7. The van der Waals surface area contributed by atoms with Crippen LogP contribution < -0.4 is 5.32 Å². The maximum atomic E-state index is 12.1. The minimum Gasteiger partial charge on any atom is -0.426 e. The van der Waals surface area contributed by atoms with Gasteiger partial charge in [-0.05, 0) is 6.92 Å². The van der Waals surface area contributed by atoms with Crippen molar-refractivity contribution in [3.05, 3.63) is 37.1 Å². The molecule has 1 aliphatic rings. The van der Waals surface area contributed by atoms with E-state index in [1.54, 1.807) is 6.08 Å². The molecule has 0 aliphatic carbocycles. The fourth-order valence-electron chi connectivity index (χ4n) is 1.55. The zero-order valence-electron chi connectivity index (χ0n) is 11.6. The second-order valence-corrected chi connectivity index (χ2v) is 4.33. The molecule has 20 heavy (non-hydrogen) atoms. The Balaban J connectivity index is 2.49. The lowest BCUT2D eigenvalue weighted by Crippen LogP contribution is -2.48. The molecule has 1 saturated heterocycles. The summed E-state index contributed by atoms with van der Waals surface area (Å²) in [6, 6.07) is 0. The van der Waals surface area contributed by atoms with Gasteiger partial charge in [0.25, 0.3) is 11.7 Å². The molecule has 1 aliphatic heterocycles. The van der Waals surface area contributed by atoms with Crippen LogP contribution in [0.5, 0.6) is 0 Å². The summed E-state index contributed by atoms with van der Waals surface area (Å²) in [4.78, 5) is 23.3. The summed E-state index contributed by atoms with van der Waals surface area (Å²) in [5.41, 5.74) is 0.253. The molecule has 1 amide bonds. The first-order valence-electron chi connectivity index (χ1n) is 6.14. The molecule has 0 atom stereocenters. The Hall–Kier alpha value is -1.92. The number of esters is 1. The van der Waals surface area contributed by atoms with Crippen LogP contribution in [0.15, 0.2) is 37.1 Å². The highest BCUT2D eigenvalue weighted by molar-refractivity contribution is 5.88. The van der Waals surface area contributed by atoms with Gasteiger partial charge in [-0.2, -0.15) is 0 Å². The Morgan fingerprint density at radius 3 is 2.45 bits per heavy atom. The fraction of sp³-hybridized carbons (Fsp3) is 0.429. The molecule has 1 rings (SSSR count). The van der Waals surface area contributed by atoms with Crippen molar-refractivity contribution in [2.75, 3.05) is 19.8 Å². The van der Waals surface area contributed by atoms with Crippen LogP contribution in [-0.2, 0) is 23.8 Å². The first-order chi connectivity index (χ1) is 9.41. The number of hydrogen-bond acceptors (Lipinski definition) is 5. The van der Waals surface area contributed by atoms with Crippen molar-refractivity contribution in [2.45, 2.75) is 19.1 Å². The second kappa shape index (κ2) is 7.02. The van der Waals surface area contributed by atoms with Crippen LogP contribution in [-0.4, -0.2) is 37.4 Å². The molecule has 1 heterocycles. The number of amides is 1. The molecule has 110 valence electrons. The van der Waals surface area contributed by atoms with E-state index in [0.717, 1.165) is 0 Å². The van der Waals surface area contributed by atoms with Gasteiger partial charge < -0.3 is 19.5 Å². The van der Waals surface area contributed by atoms with E-state index in [9.17, 15) is 9.59 Å². The third-order valence-electron chi connectivity index (χ3n) is 2.54. The predicted molar refractivity (Wildman–Crippen MR) is 72.5 cm³/mol.